The average molecular weight is 671 g/mol. The Balaban J connectivity index is 1.22. The summed E-state index contributed by atoms with van der Waals surface area (Å²) in [6.45, 7) is 0. The Morgan fingerprint density at radius 1 is 0.226 bits per heavy atom. The van der Waals surface area contributed by atoms with Gasteiger partial charge < -0.3 is 4.42 Å². The fraction of sp³-hybridized carbons (Fsp3) is 0. The fourth-order valence-corrected chi connectivity index (χ4v) is 9.48. The Kier molecular flexibility index (Phi) is 5.84. The highest BCUT2D eigenvalue weighted by molar-refractivity contribution is 6.29. The first-order valence-electron chi connectivity index (χ1n) is 18.4. The van der Waals surface area contributed by atoms with E-state index in [1.165, 1.54) is 104 Å². The molecule has 0 saturated heterocycles. The van der Waals surface area contributed by atoms with Crippen LogP contribution in [-0.4, -0.2) is 0 Å². The van der Waals surface area contributed by atoms with E-state index < -0.39 is 0 Å². The molecule has 53 heavy (non-hydrogen) atoms. The standard InChI is InChI=1S/C52H30O/c1-3-16-33-31(14-1)32-15-2-4-17-34(32)43-28-29-44(42-26-13-25-36(33)49(42)43)50-38-20-7-9-22-40(38)51(41-23-10-8-21-39(41)50)46-30-48-52(37-19-6-5-18-35(37)46)45-24-11-12-27-47(45)53-48/h1-30H. The van der Waals surface area contributed by atoms with Gasteiger partial charge in [0, 0.05) is 10.8 Å². The molecule has 10 aromatic carbocycles. The smallest absolute Gasteiger partial charge is 0.136 e. The number of benzene rings is 10. The van der Waals surface area contributed by atoms with Gasteiger partial charge in [0.15, 0.2) is 0 Å². The SMILES string of the molecule is c1ccc2c(c1)-c1ccccc1-c1ccc(-c3c4ccccc4c(-c4cc5oc6ccccc6c5c5ccccc45)c4ccccc34)c3cccc-2c13. The topological polar surface area (TPSA) is 13.1 Å². The van der Waals surface area contributed by atoms with Gasteiger partial charge in [-0.1, -0.05) is 170 Å². The van der Waals surface area contributed by atoms with Crippen LogP contribution >= 0.6 is 0 Å². The molecular formula is C52H30O. The first-order chi connectivity index (χ1) is 26.3. The van der Waals surface area contributed by atoms with Gasteiger partial charge in [-0.05, 0) is 111 Å². The van der Waals surface area contributed by atoms with Crippen molar-refractivity contribution in [2.24, 2.45) is 0 Å². The van der Waals surface area contributed by atoms with E-state index in [0.717, 1.165) is 16.6 Å². The van der Waals surface area contributed by atoms with Crippen LogP contribution in [0.5, 0.6) is 0 Å². The maximum atomic E-state index is 6.59. The number of hydrogen-bond acceptors (Lipinski definition) is 1. The minimum absolute atomic E-state index is 0.914. The minimum Gasteiger partial charge on any atom is -0.456 e. The predicted octanol–water partition coefficient (Wildman–Crippen LogP) is 14.8. The van der Waals surface area contributed by atoms with Crippen molar-refractivity contribution in [1.82, 2.24) is 0 Å². The second-order valence-corrected chi connectivity index (χ2v) is 14.3. The van der Waals surface area contributed by atoms with Crippen molar-refractivity contribution in [1.29, 1.82) is 0 Å². The van der Waals surface area contributed by atoms with Gasteiger partial charge in [-0.3, -0.25) is 0 Å². The van der Waals surface area contributed by atoms with Crippen LogP contribution in [0.1, 0.15) is 0 Å². The molecule has 1 heteroatoms. The molecule has 1 aliphatic carbocycles. The van der Waals surface area contributed by atoms with E-state index in [0.29, 0.717) is 0 Å². The first-order valence-corrected chi connectivity index (χ1v) is 18.4. The highest BCUT2D eigenvalue weighted by Gasteiger charge is 2.25. The van der Waals surface area contributed by atoms with Crippen molar-refractivity contribution in [3.8, 4) is 55.6 Å². The summed E-state index contributed by atoms with van der Waals surface area (Å²) >= 11 is 0. The number of para-hydroxylation sites is 1. The van der Waals surface area contributed by atoms with Crippen molar-refractivity contribution in [2.75, 3.05) is 0 Å². The zero-order chi connectivity index (χ0) is 34.6. The minimum atomic E-state index is 0.914. The van der Waals surface area contributed by atoms with Crippen molar-refractivity contribution in [3.63, 3.8) is 0 Å². The zero-order valence-electron chi connectivity index (χ0n) is 28.7. The fourth-order valence-electron chi connectivity index (χ4n) is 9.48. The monoisotopic (exact) mass is 670 g/mol. The molecule has 0 N–H and O–H groups in total. The molecule has 0 fully saturated rings. The second-order valence-electron chi connectivity index (χ2n) is 14.3. The number of hydrogen-bond donors (Lipinski definition) is 0. The van der Waals surface area contributed by atoms with Crippen LogP contribution in [0.4, 0.5) is 0 Å². The lowest BCUT2D eigenvalue weighted by atomic mass is 9.82. The lowest BCUT2D eigenvalue weighted by molar-refractivity contribution is 0.669. The van der Waals surface area contributed by atoms with E-state index in [1.54, 1.807) is 0 Å². The van der Waals surface area contributed by atoms with E-state index in [9.17, 15) is 0 Å². The van der Waals surface area contributed by atoms with Crippen molar-refractivity contribution in [2.45, 2.75) is 0 Å². The summed E-state index contributed by atoms with van der Waals surface area (Å²) in [7, 11) is 0. The molecule has 12 rings (SSSR count). The molecular weight excluding hydrogens is 641 g/mol. The van der Waals surface area contributed by atoms with Crippen LogP contribution in [0.2, 0.25) is 0 Å². The molecule has 244 valence electrons. The lowest BCUT2D eigenvalue weighted by Crippen LogP contribution is -1.93. The van der Waals surface area contributed by atoms with Gasteiger partial charge >= 0.3 is 0 Å². The van der Waals surface area contributed by atoms with Crippen LogP contribution < -0.4 is 0 Å². The molecule has 0 unspecified atom stereocenters. The summed E-state index contributed by atoms with van der Waals surface area (Å²) in [6, 6.07) is 66.9. The third kappa shape index (κ3) is 3.91. The van der Waals surface area contributed by atoms with E-state index in [2.05, 4.69) is 182 Å². The summed E-state index contributed by atoms with van der Waals surface area (Å²) in [6.07, 6.45) is 0. The molecule has 0 bridgehead atoms. The molecule has 0 radical (unpaired) electrons. The van der Waals surface area contributed by atoms with Crippen molar-refractivity contribution >= 4 is 65.0 Å². The van der Waals surface area contributed by atoms with Gasteiger partial charge in [0.1, 0.15) is 11.2 Å². The van der Waals surface area contributed by atoms with Gasteiger partial charge in [0.05, 0.1) is 0 Å². The third-order valence-corrected chi connectivity index (χ3v) is 11.6. The molecule has 0 saturated carbocycles. The Labute approximate surface area is 306 Å². The van der Waals surface area contributed by atoms with Gasteiger partial charge in [-0.15, -0.1) is 0 Å². The molecule has 1 nitrogen and oxygen atoms in total. The van der Waals surface area contributed by atoms with Gasteiger partial charge in [0.2, 0.25) is 0 Å². The van der Waals surface area contributed by atoms with Gasteiger partial charge in [-0.25, -0.2) is 0 Å². The molecule has 1 aliphatic rings. The molecule has 1 aromatic heterocycles. The zero-order valence-corrected chi connectivity index (χ0v) is 28.7. The second kappa shape index (κ2) is 10.8. The van der Waals surface area contributed by atoms with Crippen LogP contribution in [0.3, 0.4) is 0 Å². The largest absolute Gasteiger partial charge is 0.456 e. The number of fused-ring (bicyclic) bond motifs is 12. The molecule has 1 heterocycles. The van der Waals surface area contributed by atoms with Gasteiger partial charge in [-0.2, -0.15) is 0 Å². The van der Waals surface area contributed by atoms with Crippen LogP contribution in [0.15, 0.2) is 186 Å². The Hall–Kier alpha value is -6.96. The maximum Gasteiger partial charge on any atom is 0.136 e. The summed E-state index contributed by atoms with van der Waals surface area (Å²) in [4.78, 5) is 0. The highest BCUT2D eigenvalue weighted by atomic mass is 16.3. The number of furan rings is 1. The maximum absolute atomic E-state index is 6.59. The van der Waals surface area contributed by atoms with Crippen molar-refractivity contribution in [3.05, 3.63) is 182 Å². The molecule has 0 atom stereocenters. The first kappa shape index (κ1) is 28.7. The molecule has 0 aliphatic heterocycles. The number of rotatable bonds is 2. The van der Waals surface area contributed by atoms with Gasteiger partial charge in [0.25, 0.3) is 0 Å². The summed E-state index contributed by atoms with van der Waals surface area (Å²) in [5, 5.41) is 12.3. The average Bonchev–Trinajstić information content (AvgIpc) is 3.55. The predicted molar refractivity (Wildman–Crippen MR) is 224 cm³/mol. The third-order valence-electron chi connectivity index (χ3n) is 11.6. The molecule has 11 aromatic rings. The Morgan fingerprint density at radius 2 is 0.642 bits per heavy atom. The van der Waals surface area contributed by atoms with E-state index in [-0.39, 0.29) is 0 Å². The van der Waals surface area contributed by atoms with Crippen molar-refractivity contribution < 1.29 is 4.42 Å². The van der Waals surface area contributed by atoms with Crippen LogP contribution in [-0.2, 0) is 0 Å². The normalized spacial score (nSPS) is 12.2. The van der Waals surface area contributed by atoms with E-state index >= 15 is 0 Å². The quantitative estimate of drug-likeness (QED) is 0.167. The van der Waals surface area contributed by atoms with E-state index in [1.807, 2.05) is 0 Å². The summed E-state index contributed by atoms with van der Waals surface area (Å²) in [5.41, 5.74) is 14.4. The Bertz CT molecular complexity index is 3230. The molecule has 0 spiro atoms. The van der Waals surface area contributed by atoms with E-state index in [4.69, 9.17) is 4.42 Å². The van der Waals surface area contributed by atoms with Crippen LogP contribution in [0, 0.1) is 0 Å². The lowest BCUT2D eigenvalue weighted by Gasteiger charge is -2.21. The summed E-state index contributed by atoms with van der Waals surface area (Å²) < 4.78 is 6.59. The highest BCUT2D eigenvalue weighted by Crippen LogP contribution is 2.52. The van der Waals surface area contributed by atoms with Crippen LogP contribution in [0.25, 0.3) is 121 Å². The Morgan fingerprint density at radius 3 is 1.26 bits per heavy atom. The summed E-state index contributed by atoms with van der Waals surface area (Å²) in [5.74, 6) is 0. The molecule has 0 amide bonds.